The summed E-state index contributed by atoms with van der Waals surface area (Å²) < 4.78 is 11.0. The van der Waals surface area contributed by atoms with Gasteiger partial charge < -0.3 is 9.47 Å². The van der Waals surface area contributed by atoms with E-state index in [0.717, 1.165) is 11.1 Å². The van der Waals surface area contributed by atoms with Crippen molar-refractivity contribution in [3.8, 4) is 5.75 Å². The molecule has 0 amide bonds. The molecule has 0 bridgehead atoms. The third kappa shape index (κ3) is 4.29. The van der Waals surface area contributed by atoms with Crippen LogP contribution in [-0.2, 0) is 17.2 Å². The van der Waals surface area contributed by atoms with Crippen molar-refractivity contribution in [2.24, 2.45) is 0 Å². The van der Waals surface area contributed by atoms with E-state index in [2.05, 4.69) is 0 Å². The van der Waals surface area contributed by atoms with Crippen LogP contribution in [0.15, 0.2) is 42.5 Å². The van der Waals surface area contributed by atoms with E-state index in [9.17, 15) is 0 Å². The monoisotopic (exact) mass is 330 g/mol. The summed E-state index contributed by atoms with van der Waals surface area (Å²) in [5, 5.41) is 0.958. The maximum Gasteiger partial charge on any atom is 0.189 e. The van der Waals surface area contributed by atoms with Crippen LogP contribution >= 0.6 is 34.8 Å². The van der Waals surface area contributed by atoms with Gasteiger partial charge in [-0.15, -0.1) is 11.6 Å². The Bertz CT molecular complexity index is 559. The van der Waals surface area contributed by atoms with Crippen LogP contribution in [0, 0.1) is 0 Å². The van der Waals surface area contributed by atoms with Gasteiger partial charge in [-0.3, -0.25) is 0 Å². The van der Waals surface area contributed by atoms with Gasteiger partial charge >= 0.3 is 0 Å². The number of benzene rings is 2. The molecule has 0 atom stereocenters. The average Bonchev–Trinajstić information content (AvgIpc) is 2.45. The summed E-state index contributed by atoms with van der Waals surface area (Å²) in [6.45, 7) is 0.572. The standard InChI is InChI=1S/C15H13Cl3O2/c16-8-12-6-13(17)7-14(18)15(12)20-10-19-9-11-4-2-1-3-5-11/h1-7H,8-10H2. The molecule has 0 unspecified atom stereocenters. The summed E-state index contributed by atoms with van der Waals surface area (Å²) in [5.41, 5.74) is 1.82. The van der Waals surface area contributed by atoms with Crippen molar-refractivity contribution in [3.05, 3.63) is 63.6 Å². The molecule has 0 spiro atoms. The molecule has 0 aromatic heterocycles. The Balaban J connectivity index is 1.91. The molecular formula is C15H13Cl3O2. The van der Waals surface area contributed by atoms with Gasteiger partial charge in [-0.1, -0.05) is 53.5 Å². The largest absolute Gasteiger partial charge is 0.466 e. The molecule has 0 heterocycles. The number of rotatable bonds is 6. The van der Waals surface area contributed by atoms with E-state index in [1.807, 2.05) is 30.3 Å². The third-order valence-corrected chi connectivity index (χ3v) is 3.41. The van der Waals surface area contributed by atoms with Crippen molar-refractivity contribution in [1.82, 2.24) is 0 Å². The van der Waals surface area contributed by atoms with Crippen LogP contribution in [0.5, 0.6) is 5.75 Å². The van der Waals surface area contributed by atoms with Gasteiger partial charge in [0, 0.05) is 10.6 Å². The Morgan fingerprint density at radius 3 is 2.45 bits per heavy atom. The van der Waals surface area contributed by atoms with Crippen LogP contribution in [0.2, 0.25) is 10.0 Å². The second-order valence-corrected chi connectivity index (χ2v) is 5.22. The summed E-state index contributed by atoms with van der Waals surface area (Å²) >= 11 is 17.8. The number of hydrogen-bond acceptors (Lipinski definition) is 2. The zero-order valence-electron chi connectivity index (χ0n) is 10.6. The Morgan fingerprint density at radius 1 is 1.00 bits per heavy atom. The second-order valence-electron chi connectivity index (χ2n) is 4.11. The van der Waals surface area contributed by atoms with Crippen molar-refractivity contribution >= 4 is 34.8 Å². The molecule has 106 valence electrons. The Hall–Kier alpha value is -0.930. The minimum absolute atomic E-state index is 0.0974. The lowest BCUT2D eigenvalue weighted by atomic mass is 10.2. The van der Waals surface area contributed by atoms with Gasteiger partial charge in [0.05, 0.1) is 17.5 Å². The van der Waals surface area contributed by atoms with Gasteiger partial charge in [-0.05, 0) is 17.7 Å². The summed E-state index contributed by atoms with van der Waals surface area (Å²) in [7, 11) is 0. The molecule has 2 rings (SSSR count). The molecule has 2 aromatic rings. The molecular weight excluding hydrogens is 319 g/mol. The molecule has 2 aromatic carbocycles. The molecule has 0 aliphatic heterocycles. The van der Waals surface area contributed by atoms with Gasteiger partial charge in [-0.2, -0.15) is 0 Å². The maximum atomic E-state index is 6.09. The molecule has 2 nitrogen and oxygen atoms in total. The number of alkyl halides is 1. The molecule has 0 N–H and O–H groups in total. The first-order valence-electron chi connectivity index (χ1n) is 5.99. The van der Waals surface area contributed by atoms with E-state index in [0.29, 0.717) is 22.4 Å². The van der Waals surface area contributed by atoms with Crippen LogP contribution in [0.3, 0.4) is 0 Å². The molecule has 0 saturated carbocycles. The molecule has 0 aliphatic rings. The zero-order valence-corrected chi connectivity index (χ0v) is 12.9. The van der Waals surface area contributed by atoms with E-state index >= 15 is 0 Å². The molecule has 0 aliphatic carbocycles. The molecule has 5 heteroatoms. The first-order chi connectivity index (χ1) is 9.70. The lowest BCUT2D eigenvalue weighted by molar-refractivity contribution is 0.00470. The highest BCUT2D eigenvalue weighted by molar-refractivity contribution is 6.35. The summed E-state index contributed by atoms with van der Waals surface area (Å²) in [6.07, 6.45) is 0. The van der Waals surface area contributed by atoms with E-state index in [1.165, 1.54) is 0 Å². The maximum absolute atomic E-state index is 6.09. The fourth-order valence-electron chi connectivity index (χ4n) is 1.71. The first-order valence-corrected chi connectivity index (χ1v) is 7.28. The highest BCUT2D eigenvalue weighted by atomic mass is 35.5. The normalized spacial score (nSPS) is 10.6. The summed E-state index contributed by atoms with van der Waals surface area (Å²) in [6, 6.07) is 13.2. The van der Waals surface area contributed by atoms with Gasteiger partial charge in [0.2, 0.25) is 0 Å². The minimum atomic E-state index is 0.0974. The molecule has 0 fully saturated rings. The van der Waals surface area contributed by atoms with Crippen molar-refractivity contribution in [3.63, 3.8) is 0 Å². The van der Waals surface area contributed by atoms with E-state index in [4.69, 9.17) is 44.3 Å². The molecule has 0 saturated heterocycles. The van der Waals surface area contributed by atoms with Crippen LogP contribution in [0.4, 0.5) is 0 Å². The SMILES string of the molecule is ClCc1cc(Cl)cc(Cl)c1OCOCc1ccccc1. The highest BCUT2D eigenvalue weighted by Gasteiger charge is 2.10. The molecule has 20 heavy (non-hydrogen) atoms. The highest BCUT2D eigenvalue weighted by Crippen LogP contribution is 2.33. The van der Waals surface area contributed by atoms with Gasteiger partial charge in [0.25, 0.3) is 0 Å². The second kappa shape index (κ2) is 7.75. The fourth-order valence-corrected chi connectivity index (χ4v) is 2.50. The lowest BCUT2D eigenvalue weighted by Gasteiger charge is -2.12. The van der Waals surface area contributed by atoms with Crippen molar-refractivity contribution in [2.75, 3.05) is 6.79 Å². The van der Waals surface area contributed by atoms with Crippen LogP contribution in [0.25, 0.3) is 0 Å². The minimum Gasteiger partial charge on any atom is -0.466 e. The van der Waals surface area contributed by atoms with Crippen LogP contribution in [-0.4, -0.2) is 6.79 Å². The van der Waals surface area contributed by atoms with Gasteiger partial charge in [-0.25, -0.2) is 0 Å². The number of hydrogen-bond donors (Lipinski definition) is 0. The van der Waals surface area contributed by atoms with Crippen LogP contribution < -0.4 is 4.74 Å². The van der Waals surface area contributed by atoms with Gasteiger partial charge in [0.15, 0.2) is 6.79 Å². The topological polar surface area (TPSA) is 18.5 Å². The Kier molecular flexibility index (Phi) is 5.99. The van der Waals surface area contributed by atoms with Crippen LogP contribution in [0.1, 0.15) is 11.1 Å². The zero-order chi connectivity index (χ0) is 14.4. The van der Waals surface area contributed by atoms with Crippen molar-refractivity contribution in [2.45, 2.75) is 12.5 Å². The average molecular weight is 332 g/mol. The molecule has 0 radical (unpaired) electrons. The fraction of sp³-hybridized carbons (Fsp3) is 0.200. The number of halogens is 3. The lowest BCUT2D eigenvalue weighted by Crippen LogP contribution is -2.05. The van der Waals surface area contributed by atoms with E-state index in [-0.39, 0.29) is 12.7 Å². The summed E-state index contributed by atoms with van der Waals surface area (Å²) in [4.78, 5) is 0. The van der Waals surface area contributed by atoms with E-state index in [1.54, 1.807) is 12.1 Å². The third-order valence-electron chi connectivity index (χ3n) is 2.63. The van der Waals surface area contributed by atoms with E-state index < -0.39 is 0 Å². The quantitative estimate of drug-likeness (QED) is 0.407. The van der Waals surface area contributed by atoms with Crippen molar-refractivity contribution < 1.29 is 9.47 Å². The smallest absolute Gasteiger partial charge is 0.189 e. The predicted octanol–water partition coefficient (Wildman–Crippen LogP) is 5.29. The number of ether oxygens (including phenoxy) is 2. The Morgan fingerprint density at radius 2 is 1.75 bits per heavy atom. The first kappa shape index (κ1) is 15.5. The van der Waals surface area contributed by atoms with Gasteiger partial charge in [0.1, 0.15) is 5.75 Å². The van der Waals surface area contributed by atoms with Crippen molar-refractivity contribution in [1.29, 1.82) is 0 Å². The Labute approximate surface area is 133 Å². The summed E-state index contributed by atoms with van der Waals surface area (Å²) in [5.74, 6) is 0.785. The predicted molar refractivity (Wildman–Crippen MR) is 82.7 cm³/mol.